The molecule has 0 amide bonds. The molecule has 0 saturated heterocycles. The second-order valence-electron chi connectivity index (χ2n) is 3.77. The summed E-state index contributed by atoms with van der Waals surface area (Å²) in [4.78, 5) is 8.39. The predicted molar refractivity (Wildman–Crippen MR) is 65.2 cm³/mol. The van der Waals surface area contributed by atoms with Gasteiger partial charge in [0.25, 0.3) is 0 Å². The lowest BCUT2D eigenvalue weighted by Gasteiger charge is -2.14. The second kappa shape index (κ2) is 4.75. The molecule has 1 aromatic carbocycles. The van der Waals surface area contributed by atoms with Crippen molar-refractivity contribution in [2.75, 3.05) is 5.32 Å². The first-order valence-electron chi connectivity index (χ1n) is 5.37. The molecule has 0 aliphatic carbocycles. The topological polar surface area (TPSA) is 37.8 Å². The van der Waals surface area contributed by atoms with Crippen LogP contribution in [-0.4, -0.2) is 9.97 Å². The van der Waals surface area contributed by atoms with Gasteiger partial charge in [0.2, 0.25) is 0 Å². The van der Waals surface area contributed by atoms with Crippen molar-refractivity contribution < 1.29 is 0 Å². The number of nitrogens with one attached hydrogen (secondary N) is 1. The lowest BCUT2D eigenvalue weighted by molar-refractivity contribution is 0.867. The number of hydrogen-bond donors (Lipinski definition) is 1. The molecule has 1 N–H and O–H groups in total. The van der Waals surface area contributed by atoms with Crippen molar-refractivity contribution in [3.63, 3.8) is 0 Å². The lowest BCUT2D eigenvalue weighted by atomic mass is 10.1. The molecule has 1 atom stereocenters. The van der Waals surface area contributed by atoms with Crippen LogP contribution in [0.3, 0.4) is 0 Å². The molecular formula is C13H15N3. The molecule has 1 unspecified atom stereocenters. The van der Waals surface area contributed by atoms with E-state index in [0.717, 1.165) is 11.6 Å². The van der Waals surface area contributed by atoms with Crippen LogP contribution in [0, 0.1) is 6.92 Å². The van der Waals surface area contributed by atoms with Gasteiger partial charge in [-0.2, -0.15) is 0 Å². The molecule has 3 nitrogen and oxygen atoms in total. The molecule has 0 aliphatic rings. The van der Waals surface area contributed by atoms with E-state index in [1.54, 1.807) is 6.20 Å². The molecule has 0 fully saturated rings. The first-order valence-corrected chi connectivity index (χ1v) is 5.37. The Balaban J connectivity index is 2.11. The van der Waals surface area contributed by atoms with Gasteiger partial charge in [-0.25, -0.2) is 9.97 Å². The van der Waals surface area contributed by atoms with Gasteiger partial charge in [0.1, 0.15) is 11.6 Å². The molecule has 16 heavy (non-hydrogen) atoms. The third-order valence-corrected chi connectivity index (χ3v) is 2.44. The van der Waals surface area contributed by atoms with Crippen molar-refractivity contribution in [3.8, 4) is 0 Å². The van der Waals surface area contributed by atoms with E-state index in [4.69, 9.17) is 0 Å². The van der Waals surface area contributed by atoms with E-state index in [-0.39, 0.29) is 6.04 Å². The Morgan fingerprint density at radius 3 is 2.56 bits per heavy atom. The fourth-order valence-corrected chi connectivity index (χ4v) is 1.58. The number of rotatable bonds is 3. The Morgan fingerprint density at radius 2 is 1.88 bits per heavy atom. The third kappa shape index (κ3) is 2.57. The van der Waals surface area contributed by atoms with Crippen LogP contribution in [0.5, 0.6) is 0 Å². The number of anilines is 1. The third-order valence-electron chi connectivity index (χ3n) is 2.44. The number of aryl methyl sites for hydroxylation is 1. The van der Waals surface area contributed by atoms with E-state index in [9.17, 15) is 0 Å². The highest BCUT2D eigenvalue weighted by Crippen LogP contribution is 2.16. The van der Waals surface area contributed by atoms with E-state index >= 15 is 0 Å². The predicted octanol–water partition coefficient (Wildman–Crippen LogP) is 2.96. The minimum atomic E-state index is 0.246. The highest BCUT2D eigenvalue weighted by molar-refractivity contribution is 5.37. The summed E-state index contributed by atoms with van der Waals surface area (Å²) in [6, 6.07) is 12.4. The van der Waals surface area contributed by atoms with Gasteiger partial charge >= 0.3 is 0 Å². The zero-order valence-corrected chi connectivity index (χ0v) is 9.51. The summed E-state index contributed by atoms with van der Waals surface area (Å²) < 4.78 is 0. The standard InChI is InChI=1S/C13H15N3/c1-10(12-6-4-3-5-7-12)15-13-8-9-14-11(2)16-13/h3-10H,1-2H3,(H,14,15,16). The minimum absolute atomic E-state index is 0.246. The molecular weight excluding hydrogens is 198 g/mol. The number of nitrogens with zero attached hydrogens (tertiary/aromatic N) is 2. The SMILES string of the molecule is Cc1nccc(NC(C)c2ccccc2)n1. The van der Waals surface area contributed by atoms with Gasteiger partial charge in [0.15, 0.2) is 0 Å². The monoisotopic (exact) mass is 213 g/mol. The zero-order chi connectivity index (χ0) is 11.4. The maximum atomic E-state index is 4.32. The molecule has 2 rings (SSSR count). The second-order valence-corrected chi connectivity index (χ2v) is 3.77. The smallest absolute Gasteiger partial charge is 0.130 e. The zero-order valence-electron chi connectivity index (χ0n) is 9.51. The van der Waals surface area contributed by atoms with Gasteiger partial charge in [0.05, 0.1) is 0 Å². The number of aromatic nitrogens is 2. The van der Waals surface area contributed by atoms with Gasteiger partial charge in [-0.1, -0.05) is 30.3 Å². The van der Waals surface area contributed by atoms with E-state index in [0.29, 0.717) is 0 Å². The Bertz CT molecular complexity index is 454. The van der Waals surface area contributed by atoms with Gasteiger partial charge in [-0.15, -0.1) is 0 Å². The molecule has 0 radical (unpaired) electrons. The van der Waals surface area contributed by atoms with Crippen molar-refractivity contribution in [2.45, 2.75) is 19.9 Å². The molecule has 3 heteroatoms. The van der Waals surface area contributed by atoms with Crippen LogP contribution in [0.25, 0.3) is 0 Å². The van der Waals surface area contributed by atoms with Crippen molar-refractivity contribution in [1.29, 1.82) is 0 Å². The van der Waals surface area contributed by atoms with Crippen LogP contribution in [0.1, 0.15) is 24.4 Å². The van der Waals surface area contributed by atoms with Crippen LogP contribution in [0.4, 0.5) is 5.82 Å². The largest absolute Gasteiger partial charge is 0.363 e. The van der Waals surface area contributed by atoms with Crippen molar-refractivity contribution >= 4 is 5.82 Å². The first kappa shape index (κ1) is 10.6. The average Bonchev–Trinajstić information content (AvgIpc) is 2.30. The summed E-state index contributed by atoms with van der Waals surface area (Å²) in [7, 11) is 0. The molecule has 0 spiro atoms. The van der Waals surface area contributed by atoms with Crippen molar-refractivity contribution in [1.82, 2.24) is 9.97 Å². The van der Waals surface area contributed by atoms with Gasteiger partial charge in [-0.3, -0.25) is 0 Å². The Labute approximate surface area is 95.6 Å². The summed E-state index contributed by atoms with van der Waals surface area (Å²) in [5.74, 6) is 1.65. The number of hydrogen-bond acceptors (Lipinski definition) is 3. The molecule has 1 aromatic heterocycles. The Morgan fingerprint density at radius 1 is 1.12 bits per heavy atom. The highest BCUT2D eigenvalue weighted by atomic mass is 15.0. The fraction of sp³-hybridized carbons (Fsp3) is 0.231. The summed E-state index contributed by atoms with van der Waals surface area (Å²) >= 11 is 0. The Hall–Kier alpha value is -1.90. The summed E-state index contributed by atoms with van der Waals surface area (Å²) in [5, 5.41) is 3.35. The summed E-state index contributed by atoms with van der Waals surface area (Å²) in [6.45, 7) is 4.01. The molecule has 0 saturated carbocycles. The Kier molecular flexibility index (Phi) is 3.15. The summed E-state index contributed by atoms with van der Waals surface area (Å²) in [5.41, 5.74) is 1.25. The van der Waals surface area contributed by atoms with E-state index < -0.39 is 0 Å². The number of benzene rings is 1. The van der Waals surface area contributed by atoms with Gasteiger partial charge < -0.3 is 5.32 Å². The maximum absolute atomic E-state index is 4.32. The summed E-state index contributed by atoms with van der Waals surface area (Å²) in [6.07, 6.45) is 1.77. The lowest BCUT2D eigenvalue weighted by Crippen LogP contribution is -2.08. The highest BCUT2D eigenvalue weighted by Gasteiger charge is 2.04. The first-order chi connectivity index (χ1) is 7.75. The molecule has 0 aliphatic heterocycles. The molecule has 0 bridgehead atoms. The maximum Gasteiger partial charge on any atom is 0.130 e. The molecule has 82 valence electrons. The van der Waals surface area contributed by atoms with Crippen LogP contribution >= 0.6 is 0 Å². The van der Waals surface area contributed by atoms with E-state index in [1.807, 2.05) is 31.2 Å². The van der Waals surface area contributed by atoms with Crippen molar-refractivity contribution in [3.05, 3.63) is 54.0 Å². The van der Waals surface area contributed by atoms with Gasteiger partial charge in [-0.05, 0) is 25.5 Å². The van der Waals surface area contributed by atoms with Crippen LogP contribution in [0.15, 0.2) is 42.6 Å². The van der Waals surface area contributed by atoms with Crippen molar-refractivity contribution in [2.24, 2.45) is 0 Å². The normalized spacial score (nSPS) is 12.1. The van der Waals surface area contributed by atoms with Gasteiger partial charge in [0, 0.05) is 12.2 Å². The van der Waals surface area contributed by atoms with Crippen LogP contribution < -0.4 is 5.32 Å². The van der Waals surface area contributed by atoms with E-state index in [1.165, 1.54) is 5.56 Å². The minimum Gasteiger partial charge on any atom is -0.363 e. The molecule has 2 aromatic rings. The van der Waals surface area contributed by atoms with Crippen LogP contribution in [-0.2, 0) is 0 Å². The fourth-order valence-electron chi connectivity index (χ4n) is 1.58. The van der Waals surface area contributed by atoms with Crippen LogP contribution in [0.2, 0.25) is 0 Å². The quantitative estimate of drug-likeness (QED) is 0.851. The molecule has 1 heterocycles. The van der Waals surface area contributed by atoms with E-state index in [2.05, 4.69) is 34.3 Å². The average molecular weight is 213 g/mol.